The average Bonchev–Trinajstić information content (AvgIpc) is 3.29. The van der Waals surface area contributed by atoms with Crippen LogP contribution < -0.4 is 0 Å². The van der Waals surface area contributed by atoms with E-state index in [0.717, 1.165) is 17.8 Å². The van der Waals surface area contributed by atoms with Crippen LogP contribution in [0.1, 0.15) is 71.9 Å². The van der Waals surface area contributed by atoms with Crippen LogP contribution in [-0.2, 0) is 10.8 Å². The number of hydrogen-bond donors (Lipinski definition) is 0. The molecule has 0 aliphatic heterocycles. The van der Waals surface area contributed by atoms with Crippen LogP contribution in [-0.4, -0.2) is 0 Å². The van der Waals surface area contributed by atoms with E-state index in [4.69, 9.17) is 0 Å². The fraction of sp³-hybridized carbons (Fsp3) is 0.286. The molecule has 3 fully saturated rings. The maximum atomic E-state index is 2.71. The summed E-state index contributed by atoms with van der Waals surface area (Å²) in [6.07, 6.45) is 8.71. The smallest absolute Gasteiger partial charge is 0.0619 e. The van der Waals surface area contributed by atoms with E-state index in [2.05, 4.69) is 116 Å². The molecular weight excluding hydrogens is 504 g/mol. The van der Waals surface area contributed by atoms with E-state index in [1.165, 1.54) is 99.7 Å². The number of aryl methyl sites for hydroxylation is 1. The van der Waals surface area contributed by atoms with Crippen LogP contribution in [0, 0.1) is 24.7 Å². The lowest BCUT2D eigenvalue weighted by Crippen LogP contribution is -2.26. The SMILES string of the molecule is Cc1ccc(-c2ccc3c(c2)C2(c4ccccc4-c4ccccc42)c2cc(C45CC6CCC(C6)CC4C5)ccc2-3)cc1. The molecule has 1 spiro atoms. The van der Waals surface area contributed by atoms with Gasteiger partial charge in [0.2, 0.25) is 0 Å². The molecule has 0 heteroatoms. The van der Waals surface area contributed by atoms with Crippen molar-refractivity contribution in [2.45, 2.75) is 56.3 Å². The molecule has 5 aromatic carbocycles. The van der Waals surface area contributed by atoms with Crippen LogP contribution in [0.3, 0.4) is 0 Å². The molecule has 5 aromatic rings. The Morgan fingerprint density at radius 1 is 0.524 bits per heavy atom. The molecule has 3 saturated carbocycles. The van der Waals surface area contributed by atoms with Gasteiger partial charge in [-0.15, -0.1) is 0 Å². The van der Waals surface area contributed by atoms with Gasteiger partial charge in [-0.3, -0.25) is 0 Å². The van der Waals surface area contributed by atoms with E-state index in [9.17, 15) is 0 Å². The summed E-state index contributed by atoms with van der Waals surface area (Å²) >= 11 is 0. The lowest BCUT2D eigenvalue weighted by Gasteiger charge is -2.32. The van der Waals surface area contributed by atoms with Gasteiger partial charge in [-0.05, 0) is 123 Å². The first kappa shape index (κ1) is 23.6. The molecular formula is C42H36. The fourth-order valence-electron chi connectivity index (χ4n) is 10.3. The molecule has 0 radical (unpaired) electrons. The van der Waals surface area contributed by atoms with Crippen molar-refractivity contribution >= 4 is 0 Å². The molecule has 2 bridgehead atoms. The van der Waals surface area contributed by atoms with Crippen molar-refractivity contribution in [2.75, 3.05) is 0 Å². The average molecular weight is 541 g/mol. The van der Waals surface area contributed by atoms with Crippen molar-refractivity contribution in [1.82, 2.24) is 0 Å². The molecule has 0 heterocycles. The summed E-state index contributed by atoms with van der Waals surface area (Å²) in [7, 11) is 0. The van der Waals surface area contributed by atoms with Gasteiger partial charge in [0.1, 0.15) is 0 Å². The van der Waals surface area contributed by atoms with Crippen molar-refractivity contribution < 1.29 is 0 Å². The van der Waals surface area contributed by atoms with E-state index in [1.807, 2.05) is 0 Å². The van der Waals surface area contributed by atoms with E-state index in [-0.39, 0.29) is 5.41 Å². The Morgan fingerprint density at radius 3 is 1.90 bits per heavy atom. The zero-order valence-electron chi connectivity index (χ0n) is 24.4. The Balaban J connectivity index is 1.24. The molecule has 4 unspecified atom stereocenters. The van der Waals surface area contributed by atoms with Crippen LogP contribution >= 0.6 is 0 Å². The number of fused-ring (bicyclic) bond motifs is 13. The second kappa shape index (κ2) is 8.13. The largest absolute Gasteiger partial charge is 0.0725 e. The van der Waals surface area contributed by atoms with Crippen molar-refractivity contribution in [3.8, 4) is 33.4 Å². The summed E-state index contributed by atoms with van der Waals surface area (Å²) < 4.78 is 0. The highest BCUT2D eigenvalue weighted by Gasteiger charge is 2.60. The second-order valence-electron chi connectivity index (χ2n) is 14.3. The van der Waals surface area contributed by atoms with Gasteiger partial charge in [-0.25, -0.2) is 0 Å². The maximum Gasteiger partial charge on any atom is 0.0725 e. The molecule has 10 rings (SSSR count). The standard InChI is InChI=1S/C42H36/c1-26-10-14-29(15-11-26)30-16-18-35-36-19-17-31(41-24-28-13-12-27(20-28)21-32(41)25-41)23-40(36)42(39(35)22-30)37-8-4-2-6-33(37)34-7-3-5-9-38(34)42/h2-11,14-19,22-23,27-28,32H,12-13,20-21,24-25H2,1H3. The molecule has 0 aromatic heterocycles. The zero-order valence-corrected chi connectivity index (χ0v) is 24.4. The highest BCUT2D eigenvalue weighted by molar-refractivity contribution is 5.96. The Kier molecular flexibility index (Phi) is 4.58. The van der Waals surface area contributed by atoms with Crippen LogP contribution in [0.25, 0.3) is 33.4 Å². The Bertz CT molecular complexity index is 1880. The number of hydrogen-bond acceptors (Lipinski definition) is 0. The summed E-state index contributed by atoms with van der Waals surface area (Å²) in [5.74, 6) is 2.82. The quantitative estimate of drug-likeness (QED) is 0.205. The van der Waals surface area contributed by atoms with E-state index < -0.39 is 0 Å². The molecule has 0 nitrogen and oxygen atoms in total. The van der Waals surface area contributed by atoms with Crippen LogP contribution in [0.2, 0.25) is 0 Å². The summed E-state index contributed by atoms with van der Waals surface area (Å²) in [6.45, 7) is 2.17. The minimum Gasteiger partial charge on any atom is -0.0619 e. The molecule has 204 valence electrons. The van der Waals surface area contributed by atoms with Crippen molar-refractivity contribution in [1.29, 1.82) is 0 Å². The Morgan fingerprint density at radius 2 is 1.14 bits per heavy atom. The highest BCUT2D eigenvalue weighted by atomic mass is 14.6. The van der Waals surface area contributed by atoms with Crippen molar-refractivity contribution in [2.24, 2.45) is 17.8 Å². The van der Waals surface area contributed by atoms with Gasteiger partial charge in [0.15, 0.2) is 0 Å². The first-order chi connectivity index (χ1) is 20.6. The third kappa shape index (κ3) is 2.93. The number of rotatable bonds is 2. The maximum absolute atomic E-state index is 2.71. The summed E-state index contributed by atoms with van der Waals surface area (Å²) in [4.78, 5) is 0. The predicted molar refractivity (Wildman–Crippen MR) is 173 cm³/mol. The topological polar surface area (TPSA) is 0 Å². The molecule has 42 heavy (non-hydrogen) atoms. The molecule has 5 aliphatic rings. The number of benzene rings is 5. The van der Waals surface area contributed by atoms with Gasteiger partial charge in [0, 0.05) is 0 Å². The zero-order chi connectivity index (χ0) is 27.6. The van der Waals surface area contributed by atoms with Crippen molar-refractivity contribution in [3.63, 3.8) is 0 Å². The van der Waals surface area contributed by atoms with Crippen molar-refractivity contribution in [3.05, 3.63) is 143 Å². The Labute approximate surface area is 249 Å². The van der Waals surface area contributed by atoms with E-state index in [0.29, 0.717) is 5.41 Å². The van der Waals surface area contributed by atoms with Gasteiger partial charge in [-0.2, -0.15) is 0 Å². The molecule has 0 amide bonds. The lowest BCUT2D eigenvalue weighted by atomic mass is 9.69. The summed E-state index contributed by atoms with van der Waals surface area (Å²) in [5.41, 5.74) is 17.2. The normalized spacial score (nSPS) is 26.6. The fourth-order valence-corrected chi connectivity index (χ4v) is 10.3. The molecule has 0 N–H and O–H groups in total. The summed E-state index contributed by atoms with van der Waals surface area (Å²) in [6, 6.07) is 42.6. The molecule has 5 aliphatic carbocycles. The van der Waals surface area contributed by atoms with Gasteiger partial charge in [-0.1, -0.05) is 122 Å². The van der Waals surface area contributed by atoms with Crippen LogP contribution in [0.15, 0.2) is 109 Å². The van der Waals surface area contributed by atoms with E-state index in [1.54, 1.807) is 5.56 Å². The van der Waals surface area contributed by atoms with Gasteiger partial charge >= 0.3 is 0 Å². The third-order valence-corrected chi connectivity index (χ3v) is 12.2. The van der Waals surface area contributed by atoms with Crippen LogP contribution in [0.4, 0.5) is 0 Å². The van der Waals surface area contributed by atoms with Gasteiger partial charge < -0.3 is 0 Å². The van der Waals surface area contributed by atoms with Gasteiger partial charge in [0.25, 0.3) is 0 Å². The minimum atomic E-state index is -0.278. The van der Waals surface area contributed by atoms with Crippen LogP contribution in [0.5, 0.6) is 0 Å². The summed E-state index contributed by atoms with van der Waals surface area (Å²) in [5, 5.41) is 0. The second-order valence-corrected chi connectivity index (χ2v) is 14.3. The van der Waals surface area contributed by atoms with E-state index >= 15 is 0 Å². The first-order valence-electron chi connectivity index (χ1n) is 16.2. The third-order valence-electron chi connectivity index (χ3n) is 12.2. The molecule has 0 saturated heterocycles. The Hall–Kier alpha value is -3.90. The molecule has 4 atom stereocenters. The minimum absolute atomic E-state index is 0.278. The van der Waals surface area contributed by atoms with Gasteiger partial charge in [0.05, 0.1) is 5.41 Å². The predicted octanol–water partition coefficient (Wildman–Crippen LogP) is 10.5. The lowest BCUT2D eigenvalue weighted by molar-refractivity contribution is 0.422. The highest BCUT2D eigenvalue weighted by Crippen LogP contribution is 2.68. The first-order valence-corrected chi connectivity index (χ1v) is 16.2. The monoisotopic (exact) mass is 540 g/mol.